The number of carbonyl (C=O) groups excluding carboxylic acids is 1. The topological polar surface area (TPSA) is 178 Å². The standard InChI is InChI=1S/C57H108O12S/c1-3-5-7-9-11-13-15-17-19-21-23-24-25-26-27-28-29-30-32-34-36-38-40-42-44-46-53(59)67-51(50-66-57-55(61)56(69-70(62,63)64)54(60)52(48-58)68-57)49-65-47-45-43-41-39-37-35-33-31-22-20-18-16-14-12-10-8-6-4-2/h12,14,18,20,51-52,54-58,60-61H,3-11,13,15-17,19,21-50H2,1-2H3,(H,62,63,64)/b14-12-,20-18-. The Morgan fingerprint density at radius 2 is 0.943 bits per heavy atom. The molecule has 0 radical (unpaired) electrons. The van der Waals surface area contributed by atoms with Crippen LogP contribution in [0.5, 0.6) is 0 Å². The van der Waals surface area contributed by atoms with Crippen LogP contribution in [-0.2, 0) is 38.3 Å². The van der Waals surface area contributed by atoms with Gasteiger partial charge in [-0.3, -0.25) is 9.35 Å². The number of rotatable bonds is 52. The zero-order valence-corrected chi connectivity index (χ0v) is 45.7. The summed E-state index contributed by atoms with van der Waals surface area (Å²) >= 11 is 0. The normalized spacial score (nSPS) is 19.2. The van der Waals surface area contributed by atoms with Crippen LogP contribution < -0.4 is 0 Å². The maximum absolute atomic E-state index is 13.0. The van der Waals surface area contributed by atoms with E-state index in [-0.39, 0.29) is 19.6 Å². The maximum Gasteiger partial charge on any atom is 0.397 e. The first-order chi connectivity index (χ1) is 34.1. The van der Waals surface area contributed by atoms with Gasteiger partial charge in [-0.1, -0.05) is 244 Å². The van der Waals surface area contributed by atoms with Crippen molar-refractivity contribution in [3.63, 3.8) is 0 Å². The number of allylic oxidation sites excluding steroid dienone is 4. The van der Waals surface area contributed by atoms with E-state index in [2.05, 4.69) is 42.3 Å². The molecule has 70 heavy (non-hydrogen) atoms. The van der Waals surface area contributed by atoms with Crippen LogP contribution >= 0.6 is 0 Å². The quantitative estimate of drug-likeness (QED) is 0.0196. The maximum atomic E-state index is 13.0. The molecule has 1 aliphatic heterocycles. The predicted octanol–water partition coefficient (Wildman–Crippen LogP) is 14.3. The fraction of sp³-hybridized carbons (Fsp3) is 0.912. The van der Waals surface area contributed by atoms with Gasteiger partial charge in [-0.25, -0.2) is 4.18 Å². The average Bonchev–Trinajstić information content (AvgIpc) is 3.34. The van der Waals surface area contributed by atoms with Gasteiger partial charge in [0.1, 0.15) is 30.5 Å². The van der Waals surface area contributed by atoms with Crippen molar-refractivity contribution >= 4 is 16.4 Å². The van der Waals surface area contributed by atoms with Gasteiger partial charge in [0.15, 0.2) is 6.29 Å². The molecule has 0 saturated carbocycles. The highest BCUT2D eigenvalue weighted by Gasteiger charge is 2.48. The fourth-order valence-electron chi connectivity index (χ4n) is 9.18. The van der Waals surface area contributed by atoms with Gasteiger partial charge in [0.05, 0.1) is 19.8 Å². The number of carbonyl (C=O) groups is 1. The molecule has 0 aliphatic carbocycles. The van der Waals surface area contributed by atoms with Gasteiger partial charge in [0.2, 0.25) is 0 Å². The van der Waals surface area contributed by atoms with E-state index in [0.29, 0.717) is 13.0 Å². The highest BCUT2D eigenvalue weighted by atomic mass is 32.3. The smallest absolute Gasteiger partial charge is 0.397 e. The van der Waals surface area contributed by atoms with Crippen LogP contribution in [-0.4, -0.2) is 97.5 Å². The molecule has 4 N–H and O–H groups in total. The number of hydrogen-bond acceptors (Lipinski definition) is 11. The summed E-state index contributed by atoms with van der Waals surface area (Å²) < 4.78 is 59.4. The van der Waals surface area contributed by atoms with E-state index in [1.807, 2.05) is 0 Å². The van der Waals surface area contributed by atoms with Crippen LogP contribution in [0.15, 0.2) is 24.3 Å². The molecular weight excluding hydrogens is 909 g/mol. The summed E-state index contributed by atoms with van der Waals surface area (Å²) in [6.45, 7) is 4.01. The Bertz CT molecular complexity index is 1310. The van der Waals surface area contributed by atoms with E-state index >= 15 is 0 Å². The van der Waals surface area contributed by atoms with Gasteiger partial charge in [-0.15, -0.1) is 0 Å². The second-order valence-corrected chi connectivity index (χ2v) is 21.3. The van der Waals surface area contributed by atoms with Crippen molar-refractivity contribution in [3.05, 3.63) is 24.3 Å². The molecule has 0 spiro atoms. The Labute approximate surface area is 429 Å². The van der Waals surface area contributed by atoms with Crippen molar-refractivity contribution in [2.75, 3.05) is 26.4 Å². The highest BCUT2D eigenvalue weighted by Crippen LogP contribution is 2.26. The lowest BCUT2D eigenvalue weighted by Gasteiger charge is -2.41. The van der Waals surface area contributed by atoms with Gasteiger partial charge < -0.3 is 34.3 Å². The first-order valence-electron chi connectivity index (χ1n) is 29.1. The Morgan fingerprint density at radius 1 is 0.543 bits per heavy atom. The van der Waals surface area contributed by atoms with Gasteiger partial charge in [-0.2, -0.15) is 8.42 Å². The number of esters is 1. The number of hydrogen-bond donors (Lipinski definition) is 4. The number of ether oxygens (including phenoxy) is 4. The molecular formula is C57H108O12S. The zero-order chi connectivity index (χ0) is 51.0. The first kappa shape index (κ1) is 66.6. The molecule has 414 valence electrons. The summed E-state index contributed by atoms with van der Waals surface area (Å²) in [4.78, 5) is 13.0. The van der Waals surface area contributed by atoms with Crippen molar-refractivity contribution in [1.82, 2.24) is 0 Å². The van der Waals surface area contributed by atoms with Crippen molar-refractivity contribution in [2.24, 2.45) is 0 Å². The van der Waals surface area contributed by atoms with Crippen molar-refractivity contribution < 1.29 is 56.2 Å². The summed E-state index contributed by atoms with van der Waals surface area (Å²) in [5.74, 6) is -0.394. The molecule has 1 saturated heterocycles. The summed E-state index contributed by atoms with van der Waals surface area (Å²) in [6.07, 6.45) is 49.3. The van der Waals surface area contributed by atoms with Gasteiger partial charge in [-0.05, 0) is 44.9 Å². The summed E-state index contributed by atoms with van der Waals surface area (Å²) in [5.41, 5.74) is 0. The van der Waals surface area contributed by atoms with E-state index in [4.69, 9.17) is 18.9 Å². The summed E-state index contributed by atoms with van der Waals surface area (Å²) in [7, 11) is -5.07. The molecule has 1 heterocycles. The number of unbranched alkanes of at least 4 members (excludes halogenated alkanes) is 35. The molecule has 1 fully saturated rings. The molecule has 1 aliphatic rings. The predicted molar refractivity (Wildman–Crippen MR) is 285 cm³/mol. The van der Waals surface area contributed by atoms with E-state index in [1.165, 1.54) is 193 Å². The van der Waals surface area contributed by atoms with E-state index in [1.54, 1.807) is 0 Å². The van der Waals surface area contributed by atoms with Crippen LogP contribution in [0.4, 0.5) is 0 Å². The minimum absolute atomic E-state index is 0.0364. The Morgan fingerprint density at radius 3 is 1.39 bits per heavy atom. The Balaban J connectivity index is 2.27. The van der Waals surface area contributed by atoms with Crippen LogP contribution in [0.2, 0.25) is 0 Å². The minimum atomic E-state index is -5.07. The minimum Gasteiger partial charge on any atom is -0.457 e. The molecule has 13 heteroatoms. The lowest BCUT2D eigenvalue weighted by atomic mass is 9.99. The summed E-state index contributed by atoms with van der Waals surface area (Å²) in [5, 5.41) is 30.8. The summed E-state index contributed by atoms with van der Waals surface area (Å²) in [6, 6.07) is 0. The first-order valence-corrected chi connectivity index (χ1v) is 30.5. The molecule has 0 aromatic carbocycles. The van der Waals surface area contributed by atoms with Crippen LogP contribution in [0.25, 0.3) is 0 Å². The molecule has 0 bridgehead atoms. The van der Waals surface area contributed by atoms with E-state index in [0.717, 1.165) is 51.4 Å². The molecule has 0 aromatic rings. The van der Waals surface area contributed by atoms with E-state index in [9.17, 15) is 33.1 Å². The van der Waals surface area contributed by atoms with Crippen LogP contribution in [0, 0.1) is 0 Å². The molecule has 1 rings (SSSR count). The largest absolute Gasteiger partial charge is 0.457 e. The fourth-order valence-corrected chi connectivity index (χ4v) is 9.69. The number of aliphatic hydroxyl groups is 3. The second-order valence-electron chi connectivity index (χ2n) is 20.2. The molecule has 12 nitrogen and oxygen atoms in total. The van der Waals surface area contributed by atoms with Gasteiger partial charge in [0.25, 0.3) is 0 Å². The zero-order valence-electron chi connectivity index (χ0n) is 44.8. The second kappa shape index (κ2) is 48.5. The average molecular weight is 1020 g/mol. The molecule has 6 unspecified atom stereocenters. The lowest BCUT2D eigenvalue weighted by molar-refractivity contribution is -0.301. The van der Waals surface area contributed by atoms with Gasteiger partial charge in [0, 0.05) is 13.0 Å². The van der Waals surface area contributed by atoms with E-state index < -0.39 is 59.8 Å². The SMILES string of the molecule is CCCCC/C=C\C/C=C\CCCCCCCCCCOCC(COC1OC(CO)C(O)C(OS(=O)(=O)O)C1O)OC(=O)CCCCCCCCCCCCCCCCCCCCCCCCCCC. The lowest BCUT2D eigenvalue weighted by Crippen LogP contribution is -2.60. The third-order valence-corrected chi connectivity index (χ3v) is 14.0. The van der Waals surface area contributed by atoms with Crippen LogP contribution in [0.3, 0.4) is 0 Å². The van der Waals surface area contributed by atoms with Gasteiger partial charge >= 0.3 is 16.4 Å². The Kier molecular flexibility index (Phi) is 46.2. The molecule has 0 amide bonds. The van der Waals surface area contributed by atoms with Crippen molar-refractivity contribution in [1.29, 1.82) is 0 Å². The van der Waals surface area contributed by atoms with Crippen molar-refractivity contribution in [2.45, 2.75) is 307 Å². The molecule has 6 atom stereocenters. The number of aliphatic hydroxyl groups excluding tert-OH is 3. The third kappa shape index (κ3) is 41.0. The highest BCUT2D eigenvalue weighted by molar-refractivity contribution is 7.80. The van der Waals surface area contributed by atoms with Crippen molar-refractivity contribution in [3.8, 4) is 0 Å². The third-order valence-electron chi connectivity index (χ3n) is 13.6. The van der Waals surface area contributed by atoms with Crippen LogP contribution in [0.1, 0.15) is 271 Å². The monoisotopic (exact) mass is 1020 g/mol. The molecule has 0 aromatic heterocycles. The Hall–Kier alpha value is -1.42.